The summed E-state index contributed by atoms with van der Waals surface area (Å²) in [5.41, 5.74) is 7.13. The second-order valence-corrected chi connectivity index (χ2v) is 5.75. The van der Waals surface area contributed by atoms with Crippen molar-refractivity contribution < 1.29 is 4.79 Å². The molecular weight excluding hydrogens is 244 g/mol. The fourth-order valence-corrected chi connectivity index (χ4v) is 2.47. The minimum Gasteiger partial charge on any atom is -0.299 e. The summed E-state index contributed by atoms with van der Waals surface area (Å²) in [5, 5.41) is 0. The van der Waals surface area contributed by atoms with Crippen LogP contribution in [0.5, 0.6) is 0 Å². The average Bonchev–Trinajstić information content (AvgIpc) is 2.38. The van der Waals surface area contributed by atoms with Crippen LogP contribution in [0, 0.1) is 27.7 Å². The van der Waals surface area contributed by atoms with Gasteiger partial charge in [-0.05, 0) is 49.9 Å². The van der Waals surface area contributed by atoms with Crippen LogP contribution in [0.15, 0.2) is 36.4 Å². The fraction of sp³-hybridized carbons (Fsp3) is 0.316. The highest BCUT2D eigenvalue weighted by molar-refractivity contribution is 5.83. The number of carbonyl (C=O) groups excluding carboxylic acids is 1. The van der Waals surface area contributed by atoms with Gasteiger partial charge in [0.25, 0.3) is 0 Å². The van der Waals surface area contributed by atoms with E-state index in [0.29, 0.717) is 12.8 Å². The Bertz CT molecular complexity index is 583. The van der Waals surface area contributed by atoms with Crippen molar-refractivity contribution in [3.63, 3.8) is 0 Å². The van der Waals surface area contributed by atoms with Gasteiger partial charge in [0.2, 0.25) is 0 Å². The fourth-order valence-electron chi connectivity index (χ4n) is 2.47. The van der Waals surface area contributed by atoms with Gasteiger partial charge in [-0.25, -0.2) is 0 Å². The van der Waals surface area contributed by atoms with E-state index in [2.05, 4.69) is 64.1 Å². The van der Waals surface area contributed by atoms with Gasteiger partial charge in [-0.3, -0.25) is 4.79 Å². The first kappa shape index (κ1) is 14.5. The zero-order chi connectivity index (χ0) is 14.7. The number of rotatable bonds is 4. The minimum absolute atomic E-state index is 0.285. The topological polar surface area (TPSA) is 17.1 Å². The van der Waals surface area contributed by atoms with Crippen molar-refractivity contribution in [3.8, 4) is 0 Å². The van der Waals surface area contributed by atoms with Gasteiger partial charge in [0, 0.05) is 12.8 Å². The molecule has 0 spiro atoms. The molecule has 0 radical (unpaired) electrons. The number of benzene rings is 2. The lowest BCUT2D eigenvalue weighted by Crippen LogP contribution is -2.09. The van der Waals surface area contributed by atoms with E-state index in [4.69, 9.17) is 0 Å². The number of carbonyl (C=O) groups is 1. The van der Waals surface area contributed by atoms with Gasteiger partial charge >= 0.3 is 0 Å². The molecule has 20 heavy (non-hydrogen) atoms. The maximum atomic E-state index is 12.3. The van der Waals surface area contributed by atoms with Gasteiger partial charge in [0.15, 0.2) is 0 Å². The van der Waals surface area contributed by atoms with Crippen LogP contribution in [-0.2, 0) is 17.6 Å². The number of Topliss-reactive ketones (excluding diaryl/α,β-unsaturated/α-hetero) is 1. The summed E-state index contributed by atoms with van der Waals surface area (Å²) in [6, 6.07) is 12.6. The van der Waals surface area contributed by atoms with Crippen LogP contribution in [0.25, 0.3) is 0 Å². The number of hydrogen-bond acceptors (Lipinski definition) is 1. The predicted molar refractivity (Wildman–Crippen MR) is 84.2 cm³/mol. The van der Waals surface area contributed by atoms with Gasteiger partial charge in [0.05, 0.1) is 0 Å². The van der Waals surface area contributed by atoms with Crippen molar-refractivity contribution in [1.82, 2.24) is 0 Å². The van der Waals surface area contributed by atoms with Crippen LogP contribution in [0.4, 0.5) is 0 Å². The standard InChI is InChI=1S/C19H22O/c1-13-5-7-15(3)17(9-13)11-19(20)12-18-10-14(2)6-8-16(18)4/h5-10H,11-12H2,1-4H3. The van der Waals surface area contributed by atoms with Crippen molar-refractivity contribution in [2.75, 3.05) is 0 Å². The van der Waals surface area contributed by atoms with Gasteiger partial charge < -0.3 is 0 Å². The summed E-state index contributed by atoms with van der Waals surface area (Å²) in [5.74, 6) is 0.285. The third-order valence-electron chi connectivity index (χ3n) is 3.78. The third-order valence-corrected chi connectivity index (χ3v) is 3.78. The first-order valence-electron chi connectivity index (χ1n) is 7.09. The summed E-state index contributed by atoms with van der Waals surface area (Å²) in [6.45, 7) is 8.27. The second kappa shape index (κ2) is 6.04. The van der Waals surface area contributed by atoms with E-state index in [-0.39, 0.29) is 5.78 Å². The maximum Gasteiger partial charge on any atom is 0.141 e. The molecule has 0 bridgehead atoms. The Balaban J connectivity index is 2.13. The molecule has 0 saturated carbocycles. The zero-order valence-electron chi connectivity index (χ0n) is 12.8. The van der Waals surface area contributed by atoms with Crippen molar-refractivity contribution >= 4 is 5.78 Å². The van der Waals surface area contributed by atoms with Crippen molar-refractivity contribution in [2.24, 2.45) is 0 Å². The minimum atomic E-state index is 0.285. The number of hydrogen-bond donors (Lipinski definition) is 0. The van der Waals surface area contributed by atoms with Gasteiger partial charge in [-0.1, -0.05) is 47.5 Å². The summed E-state index contributed by atoms with van der Waals surface area (Å²) in [7, 11) is 0. The molecule has 0 aromatic heterocycles. The van der Waals surface area contributed by atoms with Crippen LogP contribution in [0.3, 0.4) is 0 Å². The molecular formula is C19H22O. The monoisotopic (exact) mass is 266 g/mol. The molecule has 0 heterocycles. The Morgan fingerprint density at radius 1 is 0.750 bits per heavy atom. The Kier molecular flexibility index (Phi) is 4.39. The lowest BCUT2D eigenvalue weighted by Gasteiger charge is -2.09. The van der Waals surface area contributed by atoms with Crippen LogP contribution in [0.2, 0.25) is 0 Å². The molecule has 1 nitrogen and oxygen atoms in total. The lowest BCUT2D eigenvalue weighted by atomic mass is 9.95. The highest BCUT2D eigenvalue weighted by Crippen LogP contribution is 2.15. The zero-order valence-corrected chi connectivity index (χ0v) is 12.8. The van der Waals surface area contributed by atoms with Crippen molar-refractivity contribution in [2.45, 2.75) is 40.5 Å². The molecule has 0 amide bonds. The van der Waals surface area contributed by atoms with E-state index in [1.807, 2.05) is 0 Å². The Morgan fingerprint density at radius 3 is 1.55 bits per heavy atom. The molecule has 0 aliphatic rings. The van der Waals surface area contributed by atoms with E-state index in [9.17, 15) is 4.79 Å². The predicted octanol–water partition coefficient (Wildman–Crippen LogP) is 4.27. The van der Waals surface area contributed by atoms with Crippen molar-refractivity contribution in [1.29, 1.82) is 0 Å². The quantitative estimate of drug-likeness (QED) is 0.807. The van der Waals surface area contributed by atoms with Gasteiger partial charge in [-0.15, -0.1) is 0 Å². The van der Waals surface area contributed by atoms with Gasteiger partial charge in [-0.2, -0.15) is 0 Å². The van der Waals surface area contributed by atoms with E-state index in [1.54, 1.807) is 0 Å². The number of aryl methyl sites for hydroxylation is 4. The summed E-state index contributed by atoms with van der Waals surface area (Å²) < 4.78 is 0. The molecule has 0 unspecified atom stereocenters. The van der Waals surface area contributed by atoms with Crippen LogP contribution < -0.4 is 0 Å². The smallest absolute Gasteiger partial charge is 0.141 e. The summed E-state index contributed by atoms with van der Waals surface area (Å²) >= 11 is 0. The molecule has 1 heteroatoms. The average molecular weight is 266 g/mol. The van der Waals surface area contributed by atoms with E-state index < -0.39 is 0 Å². The van der Waals surface area contributed by atoms with E-state index in [0.717, 1.165) is 11.1 Å². The second-order valence-electron chi connectivity index (χ2n) is 5.75. The van der Waals surface area contributed by atoms with E-state index >= 15 is 0 Å². The molecule has 2 rings (SSSR count). The molecule has 0 aliphatic carbocycles. The van der Waals surface area contributed by atoms with Gasteiger partial charge in [0.1, 0.15) is 5.78 Å². The highest BCUT2D eigenvalue weighted by Gasteiger charge is 2.09. The SMILES string of the molecule is Cc1ccc(C)c(CC(=O)Cc2cc(C)ccc2C)c1. The van der Waals surface area contributed by atoms with Crippen LogP contribution in [0.1, 0.15) is 33.4 Å². The maximum absolute atomic E-state index is 12.3. The Hall–Kier alpha value is -1.89. The molecule has 0 atom stereocenters. The molecule has 0 saturated heterocycles. The lowest BCUT2D eigenvalue weighted by molar-refractivity contribution is -0.117. The molecule has 0 aliphatic heterocycles. The summed E-state index contributed by atoms with van der Waals surface area (Å²) in [6.07, 6.45) is 1.06. The number of ketones is 1. The molecule has 2 aromatic rings. The Labute approximate surface area is 121 Å². The first-order valence-corrected chi connectivity index (χ1v) is 7.09. The van der Waals surface area contributed by atoms with E-state index in [1.165, 1.54) is 22.3 Å². The molecule has 104 valence electrons. The Morgan fingerprint density at radius 2 is 1.15 bits per heavy atom. The first-order chi connectivity index (χ1) is 9.45. The molecule has 0 N–H and O–H groups in total. The largest absolute Gasteiger partial charge is 0.299 e. The molecule has 2 aromatic carbocycles. The van der Waals surface area contributed by atoms with Crippen LogP contribution in [-0.4, -0.2) is 5.78 Å². The van der Waals surface area contributed by atoms with Crippen LogP contribution >= 0.6 is 0 Å². The molecule has 0 fully saturated rings. The normalized spacial score (nSPS) is 10.6. The highest BCUT2D eigenvalue weighted by atomic mass is 16.1. The van der Waals surface area contributed by atoms with Crippen molar-refractivity contribution in [3.05, 3.63) is 69.8 Å². The third kappa shape index (κ3) is 3.57. The summed E-state index contributed by atoms with van der Waals surface area (Å²) in [4.78, 5) is 12.3.